The normalized spacial score (nSPS) is 10.4. The quantitative estimate of drug-likeness (QED) is 0.766. The molecule has 0 fully saturated rings. The van der Waals surface area contributed by atoms with Crippen LogP contribution >= 0.6 is 11.6 Å². The van der Waals surface area contributed by atoms with Crippen molar-refractivity contribution in [2.75, 3.05) is 5.32 Å². The molecule has 0 saturated carbocycles. The second-order valence-electron chi connectivity index (χ2n) is 5.17. The number of halogens is 1. The van der Waals surface area contributed by atoms with E-state index in [1.165, 1.54) is 6.07 Å². The lowest BCUT2D eigenvalue weighted by Crippen LogP contribution is -2.15. The van der Waals surface area contributed by atoms with E-state index >= 15 is 0 Å². The third-order valence-electron chi connectivity index (χ3n) is 3.47. The monoisotopic (exact) mass is 339 g/mol. The average molecular weight is 340 g/mol. The smallest absolute Gasteiger partial charge is 0.264 e. The molecule has 2 N–H and O–H groups in total. The first-order valence-electron chi connectivity index (χ1n) is 7.32. The van der Waals surface area contributed by atoms with E-state index in [2.05, 4.69) is 15.5 Å². The molecular formula is C18H14ClN3O2. The largest absolute Gasteiger partial charge is 0.325 e. The van der Waals surface area contributed by atoms with E-state index in [4.69, 9.17) is 11.6 Å². The van der Waals surface area contributed by atoms with Crippen LogP contribution in [-0.2, 0) is 11.2 Å². The molecule has 2 aromatic carbocycles. The van der Waals surface area contributed by atoms with Gasteiger partial charge in [-0.2, -0.15) is 5.10 Å². The highest BCUT2D eigenvalue weighted by atomic mass is 35.5. The molecule has 6 heteroatoms. The van der Waals surface area contributed by atoms with E-state index in [9.17, 15) is 9.59 Å². The Bertz CT molecular complexity index is 917. The lowest BCUT2D eigenvalue weighted by atomic mass is 10.1. The number of H-pyrrole nitrogens is 1. The summed E-state index contributed by atoms with van der Waals surface area (Å²) < 4.78 is 0. The molecule has 0 atom stereocenters. The molecule has 1 heterocycles. The molecule has 5 nitrogen and oxygen atoms in total. The number of carbonyl (C=O) groups excluding carboxylic acids is 1. The highest BCUT2D eigenvalue weighted by molar-refractivity contribution is 6.31. The van der Waals surface area contributed by atoms with Gasteiger partial charge in [0.25, 0.3) is 5.56 Å². The minimum absolute atomic E-state index is 0.174. The number of para-hydroxylation sites is 1. The number of nitrogens with one attached hydrogen (secondary N) is 2. The fourth-order valence-electron chi connectivity index (χ4n) is 2.32. The predicted molar refractivity (Wildman–Crippen MR) is 94.1 cm³/mol. The van der Waals surface area contributed by atoms with Crippen LogP contribution in [0.1, 0.15) is 5.56 Å². The average Bonchev–Trinajstić information content (AvgIpc) is 2.58. The Morgan fingerprint density at radius 1 is 1.04 bits per heavy atom. The third-order valence-corrected chi connectivity index (χ3v) is 3.83. The molecule has 0 bridgehead atoms. The zero-order chi connectivity index (χ0) is 16.9. The van der Waals surface area contributed by atoms with Crippen LogP contribution in [-0.4, -0.2) is 16.1 Å². The Labute approximate surface area is 143 Å². The van der Waals surface area contributed by atoms with Crippen molar-refractivity contribution >= 4 is 23.2 Å². The Morgan fingerprint density at radius 3 is 2.54 bits per heavy atom. The zero-order valence-corrected chi connectivity index (χ0v) is 13.4. The molecule has 0 spiro atoms. The van der Waals surface area contributed by atoms with Crippen LogP contribution in [0, 0.1) is 0 Å². The molecule has 1 aromatic heterocycles. The maximum atomic E-state index is 12.3. The molecule has 0 aliphatic heterocycles. The molecule has 120 valence electrons. The Hall–Kier alpha value is -2.92. The highest BCUT2D eigenvalue weighted by Gasteiger charge is 2.11. The fourth-order valence-corrected chi connectivity index (χ4v) is 2.52. The van der Waals surface area contributed by atoms with E-state index in [0.29, 0.717) is 16.4 Å². The first-order valence-corrected chi connectivity index (χ1v) is 7.69. The van der Waals surface area contributed by atoms with Gasteiger partial charge in [0.2, 0.25) is 5.91 Å². The summed E-state index contributed by atoms with van der Waals surface area (Å²) in [6, 6.07) is 17.5. The highest BCUT2D eigenvalue weighted by Crippen LogP contribution is 2.25. The number of hydrogen-bond donors (Lipinski definition) is 2. The second kappa shape index (κ2) is 7.10. The molecule has 0 aliphatic rings. The Balaban J connectivity index is 1.83. The van der Waals surface area contributed by atoms with Crippen LogP contribution in [0.4, 0.5) is 5.69 Å². The minimum Gasteiger partial charge on any atom is -0.325 e. The number of aromatic nitrogens is 2. The Kier molecular flexibility index (Phi) is 4.72. The first kappa shape index (κ1) is 16.0. The third kappa shape index (κ3) is 3.70. The molecule has 3 aromatic rings. The van der Waals surface area contributed by atoms with Gasteiger partial charge >= 0.3 is 0 Å². The van der Waals surface area contributed by atoms with Crippen molar-refractivity contribution in [2.24, 2.45) is 0 Å². The topological polar surface area (TPSA) is 74.8 Å². The number of rotatable bonds is 4. The van der Waals surface area contributed by atoms with E-state index in [-0.39, 0.29) is 17.9 Å². The molecule has 0 radical (unpaired) electrons. The van der Waals surface area contributed by atoms with Gasteiger partial charge in [-0.25, -0.2) is 5.10 Å². The van der Waals surface area contributed by atoms with Gasteiger partial charge in [0.05, 0.1) is 17.8 Å². The summed E-state index contributed by atoms with van der Waals surface area (Å²) in [6.45, 7) is 0. The van der Waals surface area contributed by atoms with Gasteiger partial charge < -0.3 is 5.32 Å². The van der Waals surface area contributed by atoms with Crippen molar-refractivity contribution < 1.29 is 4.79 Å². The molecular weight excluding hydrogens is 326 g/mol. The van der Waals surface area contributed by atoms with Gasteiger partial charge in [-0.1, -0.05) is 48.0 Å². The Morgan fingerprint density at radius 2 is 1.79 bits per heavy atom. The number of benzene rings is 2. The summed E-state index contributed by atoms with van der Waals surface area (Å²) in [7, 11) is 0. The van der Waals surface area contributed by atoms with Gasteiger partial charge in [0, 0.05) is 16.7 Å². The van der Waals surface area contributed by atoms with Crippen LogP contribution in [0.5, 0.6) is 0 Å². The molecule has 0 saturated heterocycles. The van der Waals surface area contributed by atoms with Crippen molar-refractivity contribution in [2.45, 2.75) is 6.42 Å². The van der Waals surface area contributed by atoms with E-state index in [1.807, 2.05) is 36.4 Å². The van der Waals surface area contributed by atoms with Gasteiger partial charge in [0.15, 0.2) is 0 Å². The fraction of sp³-hybridized carbons (Fsp3) is 0.0556. The summed E-state index contributed by atoms with van der Waals surface area (Å²) in [4.78, 5) is 23.5. The lowest BCUT2D eigenvalue weighted by molar-refractivity contribution is -0.115. The summed E-state index contributed by atoms with van der Waals surface area (Å²) in [5, 5.41) is 9.82. The van der Waals surface area contributed by atoms with Gasteiger partial charge in [-0.3, -0.25) is 9.59 Å². The minimum atomic E-state index is -0.279. The first-order chi connectivity index (χ1) is 11.6. The molecule has 0 unspecified atom stereocenters. The van der Waals surface area contributed by atoms with Crippen LogP contribution in [0.25, 0.3) is 11.3 Å². The number of amides is 1. The molecule has 1 amide bonds. The van der Waals surface area contributed by atoms with Crippen molar-refractivity contribution in [3.05, 3.63) is 81.6 Å². The second-order valence-corrected chi connectivity index (χ2v) is 5.58. The summed E-state index contributed by atoms with van der Waals surface area (Å²) in [6.07, 6.45) is 0.174. The van der Waals surface area contributed by atoms with Crippen molar-refractivity contribution in [1.29, 1.82) is 0 Å². The lowest BCUT2D eigenvalue weighted by Gasteiger charge is -2.11. The van der Waals surface area contributed by atoms with Gasteiger partial charge in [-0.05, 0) is 23.8 Å². The SMILES string of the molecule is O=C(Cc1ccccc1Cl)Nc1ccccc1-c1ccc(=O)[nH]n1. The van der Waals surface area contributed by atoms with Gasteiger partial charge in [-0.15, -0.1) is 0 Å². The van der Waals surface area contributed by atoms with E-state index < -0.39 is 0 Å². The molecule has 24 heavy (non-hydrogen) atoms. The van der Waals surface area contributed by atoms with E-state index in [1.54, 1.807) is 18.2 Å². The summed E-state index contributed by atoms with van der Waals surface area (Å²) >= 11 is 6.09. The maximum Gasteiger partial charge on any atom is 0.264 e. The van der Waals surface area contributed by atoms with E-state index in [0.717, 1.165) is 11.1 Å². The van der Waals surface area contributed by atoms with Crippen LogP contribution in [0.2, 0.25) is 5.02 Å². The van der Waals surface area contributed by atoms with Crippen molar-refractivity contribution in [3.63, 3.8) is 0 Å². The van der Waals surface area contributed by atoms with Crippen LogP contribution < -0.4 is 10.9 Å². The van der Waals surface area contributed by atoms with Crippen molar-refractivity contribution in [1.82, 2.24) is 10.2 Å². The zero-order valence-electron chi connectivity index (χ0n) is 12.6. The number of aromatic amines is 1. The van der Waals surface area contributed by atoms with Crippen LogP contribution in [0.3, 0.4) is 0 Å². The number of hydrogen-bond acceptors (Lipinski definition) is 3. The molecule has 0 aliphatic carbocycles. The predicted octanol–water partition coefficient (Wildman–Crippen LogP) is 3.27. The van der Waals surface area contributed by atoms with Gasteiger partial charge in [0.1, 0.15) is 0 Å². The number of nitrogens with zero attached hydrogens (tertiary/aromatic N) is 1. The van der Waals surface area contributed by atoms with Crippen LogP contribution in [0.15, 0.2) is 65.5 Å². The number of carbonyl (C=O) groups is 1. The van der Waals surface area contributed by atoms with Crippen molar-refractivity contribution in [3.8, 4) is 11.3 Å². The maximum absolute atomic E-state index is 12.3. The summed E-state index contributed by atoms with van der Waals surface area (Å²) in [5.41, 5.74) is 2.40. The number of anilines is 1. The standard InChI is InChI=1S/C18H14ClN3O2/c19-14-7-3-1-5-12(14)11-18(24)20-15-8-4-2-6-13(15)16-9-10-17(23)22-21-16/h1-10H,11H2,(H,20,24)(H,22,23). The summed E-state index contributed by atoms with van der Waals surface area (Å²) in [5.74, 6) is -0.181. The molecule has 3 rings (SSSR count).